The summed E-state index contributed by atoms with van der Waals surface area (Å²) in [4.78, 5) is 15.9. The zero-order valence-electron chi connectivity index (χ0n) is 23.4. The number of carbonyl (C=O) groups is 1. The third-order valence-electron chi connectivity index (χ3n) is 7.63. The number of fused-ring (bicyclic) bond motifs is 1. The molecule has 0 radical (unpaired) electrons. The molecule has 0 saturated carbocycles. The summed E-state index contributed by atoms with van der Waals surface area (Å²) in [6.45, 7) is 4.82. The molecule has 1 saturated heterocycles. The first-order valence-corrected chi connectivity index (χ1v) is 15.9. The molecule has 2 aliphatic rings. The minimum atomic E-state index is -3.56. The number of nitrogens with one attached hydrogen (secondary N) is 1. The molecule has 41 heavy (non-hydrogen) atoms. The van der Waals surface area contributed by atoms with Gasteiger partial charge in [0.2, 0.25) is 0 Å². The fraction of sp³-hybridized carbons (Fsp3) is 0.344. The normalized spacial score (nSPS) is 16.9. The first kappa shape index (κ1) is 29.3. The predicted molar refractivity (Wildman–Crippen MR) is 163 cm³/mol. The highest BCUT2D eigenvalue weighted by Gasteiger charge is 2.25. The van der Waals surface area contributed by atoms with Crippen molar-refractivity contribution < 1.29 is 22.7 Å². The number of sulfone groups is 1. The quantitative estimate of drug-likeness (QED) is 0.333. The van der Waals surface area contributed by atoms with E-state index in [1.54, 1.807) is 36.4 Å². The Hall–Kier alpha value is -3.17. The molecule has 7 nitrogen and oxygen atoms in total. The number of benzene rings is 3. The van der Waals surface area contributed by atoms with Crippen molar-refractivity contribution >= 4 is 39.1 Å². The van der Waals surface area contributed by atoms with E-state index in [0.717, 1.165) is 49.3 Å². The molecule has 2 aliphatic heterocycles. The predicted octanol–water partition coefficient (Wildman–Crippen LogP) is 6.22. The smallest absolute Gasteiger partial charge is 0.251 e. The Kier molecular flexibility index (Phi) is 9.14. The van der Waals surface area contributed by atoms with E-state index in [2.05, 4.69) is 17.3 Å². The summed E-state index contributed by atoms with van der Waals surface area (Å²) in [6.07, 6.45) is 3.88. The average molecular weight is 595 g/mol. The van der Waals surface area contributed by atoms with E-state index < -0.39 is 9.84 Å². The topological polar surface area (TPSA) is 84.9 Å². The molecule has 3 aromatic carbocycles. The van der Waals surface area contributed by atoms with Crippen molar-refractivity contribution in [2.24, 2.45) is 0 Å². The second-order valence-corrected chi connectivity index (χ2v) is 13.0. The summed E-state index contributed by atoms with van der Waals surface area (Å²) in [6, 6.07) is 19.0. The number of hydrogen-bond donors (Lipinski definition) is 1. The zero-order valence-corrected chi connectivity index (χ0v) is 24.9. The van der Waals surface area contributed by atoms with Gasteiger partial charge in [-0.25, -0.2) is 8.42 Å². The molecule has 0 spiro atoms. The SMILES string of the molecule is CCOc1ccc(-c2ccc3c(c2)C=C(C(=O)Nc2ccc(CN(C)C4CCOCC4)cc2)CCS3(=O)=O)cc1Cl. The summed E-state index contributed by atoms with van der Waals surface area (Å²) < 4.78 is 37.1. The molecule has 1 N–H and O–H groups in total. The Morgan fingerprint density at radius 1 is 1.05 bits per heavy atom. The molecule has 9 heteroatoms. The van der Waals surface area contributed by atoms with E-state index in [9.17, 15) is 13.2 Å². The van der Waals surface area contributed by atoms with Crippen LogP contribution in [-0.4, -0.2) is 57.9 Å². The lowest BCUT2D eigenvalue weighted by molar-refractivity contribution is -0.112. The monoisotopic (exact) mass is 594 g/mol. The lowest BCUT2D eigenvalue weighted by Gasteiger charge is -2.31. The molecule has 0 unspecified atom stereocenters. The van der Waals surface area contributed by atoms with Gasteiger partial charge in [0.05, 0.1) is 22.3 Å². The van der Waals surface area contributed by atoms with Crippen LogP contribution in [0.3, 0.4) is 0 Å². The minimum absolute atomic E-state index is 0.126. The first-order chi connectivity index (χ1) is 19.7. The van der Waals surface area contributed by atoms with Crippen molar-refractivity contribution in [3.63, 3.8) is 0 Å². The van der Waals surface area contributed by atoms with Crippen LogP contribution < -0.4 is 10.1 Å². The largest absolute Gasteiger partial charge is 0.492 e. The second-order valence-electron chi connectivity index (χ2n) is 10.5. The summed E-state index contributed by atoms with van der Waals surface area (Å²) in [5.41, 5.74) is 4.35. The number of anilines is 1. The van der Waals surface area contributed by atoms with Gasteiger partial charge in [-0.1, -0.05) is 35.9 Å². The van der Waals surface area contributed by atoms with Gasteiger partial charge in [0.1, 0.15) is 5.75 Å². The summed E-state index contributed by atoms with van der Waals surface area (Å²) in [7, 11) is -1.43. The van der Waals surface area contributed by atoms with Gasteiger partial charge in [0.25, 0.3) is 5.91 Å². The standard InChI is InChI=1S/C32H35ClN2O5S/c1-3-40-30-10-6-24(20-29(30)33)23-7-11-31-26(18-23)19-25(14-17-41(31,37)38)32(36)34-27-8-4-22(5-9-27)21-35(2)28-12-15-39-16-13-28/h4-11,18-20,28H,3,12-17,21H2,1-2H3,(H,34,36). The van der Waals surface area contributed by atoms with Crippen LogP contribution in [0.1, 0.15) is 37.3 Å². The molecule has 5 rings (SSSR count). The lowest BCUT2D eigenvalue weighted by atomic mass is 10.0. The molecule has 216 valence electrons. The van der Waals surface area contributed by atoms with E-state index in [-0.39, 0.29) is 23.0 Å². The molecule has 0 atom stereocenters. The summed E-state index contributed by atoms with van der Waals surface area (Å²) in [5, 5.41) is 3.43. The molecule has 1 amide bonds. The van der Waals surface area contributed by atoms with Crippen LogP contribution in [0.15, 0.2) is 71.1 Å². The number of amides is 1. The van der Waals surface area contributed by atoms with Crippen LogP contribution in [0.25, 0.3) is 17.2 Å². The molecular weight excluding hydrogens is 560 g/mol. The van der Waals surface area contributed by atoms with E-state index in [4.69, 9.17) is 21.1 Å². The number of ether oxygens (including phenoxy) is 2. The van der Waals surface area contributed by atoms with Crippen molar-refractivity contribution in [3.05, 3.63) is 82.4 Å². The van der Waals surface area contributed by atoms with Crippen molar-refractivity contribution in [1.82, 2.24) is 4.90 Å². The molecule has 1 fully saturated rings. The maximum Gasteiger partial charge on any atom is 0.251 e. The van der Waals surface area contributed by atoms with Gasteiger partial charge in [-0.3, -0.25) is 9.69 Å². The van der Waals surface area contributed by atoms with Crippen molar-refractivity contribution in [2.75, 3.05) is 37.9 Å². The van der Waals surface area contributed by atoms with E-state index >= 15 is 0 Å². The molecule has 0 aliphatic carbocycles. The zero-order chi connectivity index (χ0) is 29.0. The average Bonchev–Trinajstić information content (AvgIpc) is 3.11. The number of nitrogens with zero attached hydrogens (tertiary/aromatic N) is 1. The van der Waals surface area contributed by atoms with E-state index in [0.29, 0.717) is 40.2 Å². The highest BCUT2D eigenvalue weighted by molar-refractivity contribution is 7.91. The molecule has 3 aromatic rings. The van der Waals surface area contributed by atoms with Crippen molar-refractivity contribution in [2.45, 2.75) is 43.7 Å². The molecule has 2 heterocycles. The van der Waals surface area contributed by atoms with Gasteiger partial charge in [-0.05, 0) is 98.0 Å². The fourth-order valence-corrected chi connectivity index (χ4v) is 7.01. The minimum Gasteiger partial charge on any atom is -0.492 e. The maximum absolute atomic E-state index is 13.3. The molecule has 0 aromatic heterocycles. The first-order valence-electron chi connectivity index (χ1n) is 13.9. The van der Waals surface area contributed by atoms with Gasteiger partial charge >= 0.3 is 0 Å². The van der Waals surface area contributed by atoms with Gasteiger partial charge in [0.15, 0.2) is 9.84 Å². The highest BCUT2D eigenvalue weighted by atomic mass is 35.5. The van der Waals surface area contributed by atoms with Gasteiger partial charge in [-0.15, -0.1) is 0 Å². The second kappa shape index (κ2) is 12.8. The Bertz CT molecular complexity index is 1550. The number of rotatable bonds is 8. The Morgan fingerprint density at radius 3 is 2.46 bits per heavy atom. The molecule has 0 bridgehead atoms. The highest BCUT2D eigenvalue weighted by Crippen LogP contribution is 2.34. The van der Waals surface area contributed by atoms with Gasteiger partial charge in [-0.2, -0.15) is 0 Å². The van der Waals surface area contributed by atoms with Crippen LogP contribution in [0, 0.1) is 0 Å². The van der Waals surface area contributed by atoms with Gasteiger partial charge in [0, 0.05) is 37.1 Å². The lowest BCUT2D eigenvalue weighted by Crippen LogP contribution is -2.36. The Morgan fingerprint density at radius 2 is 1.76 bits per heavy atom. The Labute approximate surface area is 247 Å². The van der Waals surface area contributed by atoms with Gasteiger partial charge < -0.3 is 14.8 Å². The van der Waals surface area contributed by atoms with Crippen LogP contribution in [0.2, 0.25) is 5.02 Å². The fourth-order valence-electron chi connectivity index (χ4n) is 5.32. The van der Waals surface area contributed by atoms with E-state index in [1.807, 2.05) is 37.3 Å². The summed E-state index contributed by atoms with van der Waals surface area (Å²) in [5.74, 6) is 0.147. The summed E-state index contributed by atoms with van der Waals surface area (Å²) >= 11 is 6.39. The number of carbonyl (C=O) groups excluding carboxylic acids is 1. The van der Waals surface area contributed by atoms with Crippen molar-refractivity contribution in [3.8, 4) is 16.9 Å². The third-order valence-corrected chi connectivity index (χ3v) is 9.71. The number of halogens is 1. The van der Waals surface area contributed by atoms with Crippen LogP contribution in [0.5, 0.6) is 5.75 Å². The van der Waals surface area contributed by atoms with Crippen LogP contribution in [-0.2, 0) is 25.9 Å². The third kappa shape index (κ3) is 7.01. The maximum atomic E-state index is 13.3. The van der Waals surface area contributed by atoms with Crippen molar-refractivity contribution in [1.29, 1.82) is 0 Å². The van der Waals surface area contributed by atoms with Crippen LogP contribution in [0.4, 0.5) is 5.69 Å². The Balaban J connectivity index is 1.33. The number of hydrogen-bond acceptors (Lipinski definition) is 6. The van der Waals surface area contributed by atoms with E-state index in [1.165, 1.54) is 0 Å². The molecular formula is C32H35ClN2O5S. The van der Waals surface area contributed by atoms with Crippen LogP contribution >= 0.6 is 11.6 Å².